The summed E-state index contributed by atoms with van der Waals surface area (Å²) in [5.41, 5.74) is 15.9. The topological polar surface area (TPSA) is 134 Å². The van der Waals surface area contributed by atoms with E-state index < -0.39 is 5.91 Å². The van der Waals surface area contributed by atoms with Crippen LogP contribution in [0.1, 0.15) is 39.1 Å². The van der Waals surface area contributed by atoms with Gasteiger partial charge in [-0.25, -0.2) is 14.7 Å². The van der Waals surface area contributed by atoms with E-state index in [9.17, 15) is 9.59 Å². The number of hydrogen-bond acceptors (Lipinski definition) is 7. The standard InChI is InChI=1S/C23H18N2OS.C8H11N5O/c1-3-19-14-18-9-7-8-17(12-13-21-16(2)27-15-24-21)22(18)23(26)25(19)20-10-5-4-6-11-20;1-3-4-11-8-5(7(10)14)6(9)12-13(8)2/h4-11,14-15H,3H2,1-2H3;3-4H,1H2,2H3,(H2,9,12)(H2,10,14)/b;11-4-. The summed E-state index contributed by atoms with van der Waals surface area (Å²) in [6.07, 6.45) is 3.69. The number of fused-ring (bicyclic) bond motifs is 1. The van der Waals surface area contributed by atoms with Gasteiger partial charge < -0.3 is 11.5 Å². The van der Waals surface area contributed by atoms with Crippen LogP contribution in [0, 0.1) is 18.8 Å². The molecule has 206 valence electrons. The number of anilines is 1. The summed E-state index contributed by atoms with van der Waals surface area (Å²) in [5, 5.41) is 5.40. The zero-order valence-corrected chi connectivity index (χ0v) is 23.8. The van der Waals surface area contributed by atoms with Gasteiger partial charge in [-0.3, -0.25) is 14.2 Å². The minimum Gasteiger partial charge on any atom is -0.381 e. The van der Waals surface area contributed by atoms with Gasteiger partial charge >= 0.3 is 0 Å². The minimum absolute atomic E-state index is 0.0320. The molecule has 10 heteroatoms. The van der Waals surface area contributed by atoms with Crippen molar-refractivity contribution in [2.45, 2.75) is 20.3 Å². The average Bonchev–Trinajstić information content (AvgIpc) is 3.51. The van der Waals surface area contributed by atoms with Crippen LogP contribution in [0.2, 0.25) is 0 Å². The summed E-state index contributed by atoms with van der Waals surface area (Å²) in [7, 11) is 1.62. The molecule has 0 unspecified atom stereocenters. The molecule has 5 rings (SSSR count). The second-order valence-electron chi connectivity index (χ2n) is 8.83. The van der Waals surface area contributed by atoms with E-state index in [-0.39, 0.29) is 16.9 Å². The van der Waals surface area contributed by atoms with Gasteiger partial charge in [0.05, 0.1) is 10.9 Å². The lowest BCUT2D eigenvalue weighted by Gasteiger charge is -2.14. The number of aromatic nitrogens is 4. The largest absolute Gasteiger partial charge is 0.381 e. The van der Waals surface area contributed by atoms with E-state index >= 15 is 0 Å². The highest BCUT2D eigenvalue weighted by molar-refractivity contribution is 7.09. The Morgan fingerprint density at radius 1 is 1.17 bits per heavy atom. The Morgan fingerprint density at radius 2 is 1.93 bits per heavy atom. The highest BCUT2D eigenvalue weighted by atomic mass is 32.1. The van der Waals surface area contributed by atoms with Crippen molar-refractivity contribution in [2.24, 2.45) is 17.8 Å². The third kappa shape index (κ3) is 6.16. The van der Waals surface area contributed by atoms with Crippen molar-refractivity contribution in [3.63, 3.8) is 0 Å². The molecule has 0 bridgehead atoms. The highest BCUT2D eigenvalue weighted by Gasteiger charge is 2.17. The maximum Gasteiger partial charge on any atom is 0.264 e. The van der Waals surface area contributed by atoms with Gasteiger partial charge in [0, 0.05) is 35.1 Å². The van der Waals surface area contributed by atoms with E-state index in [1.807, 2.05) is 55.5 Å². The van der Waals surface area contributed by atoms with E-state index in [1.165, 1.54) is 17.0 Å². The monoisotopic (exact) mass is 563 g/mol. The predicted octanol–water partition coefficient (Wildman–Crippen LogP) is 4.71. The first kappa shape index (κ1) is 28.7. The van der Waals surface area contributed by atoms with E-state index in [2.05, 4.69) is 46.5 Å². The Hall–Kier alpha value is -5.27. The smallest absolute Gasteiger partial charge is 0.264 e. The van der Waals surface area contributed by atoms with Gasteiger partial charge in [-0.1, -0.05) is 55.8 Å². The number of primary amides is 1. The Bertz CT molecular complexity index is 1890. The summed E-state index contributed by atoms with van der Waals surface area (Å²) < 4.78 is 3.18. The number of allylic oxidation sites excluding steroid dienone is 1. The normalized spacial score (nSPS) is 10.6. The summed E-state index contributed by atoms with van der Waals surface area (Å²) >= 11 is 1.57. The van der Waals surface area contributed by atoms with Crippen LogP contribution in [-0.2, 0) is 13.5 Å². The molecule has 0 fully saturated rings. The zero-order valence-electron chi connectivity index (χ0n) is 23.0. The molecule has 3 heterocycles. The molecule has 41 heavy (non-hydrogen) atoms. The number of thiazole rings is 1. The number of aliphatic imine (C=N–C) groups is 1. The number of aryl methyl sites for hydroxylation is 3. The fourth-order valence-electron chi connectivity index (χ4n) is 4.23. The van der Waals surface area contributed by atoms with Crippen molar-refractivity contribution in [2.75, 3.05) is 5.73 Å². The highest BCUT2D eigenvalue weighted by Crippen LogP contribution is 2.23. The van der Waals surface area contributed by atoms with Gasteiger partial charge in [0.1, 0.15) is 11.3 Å². The predicted molar refractivity (Wildman–Crippen MR) is 166 cm³/mol. The van der Waals surface area contributed by atoms with Crippen LogP contribution < -0.4 is 17.0 Å². The molecule has 0 aliphatic heterocycles. The Morgan fingerprint density at radius 3 is 2.56 bits per heavy atom. The first-order chi connectivity index (χ1) is 19.8. The lowest BCUT2D eigenvalue weighted by Crippen LogP contribution is -2.22. The van der Waals surface area contributed by atoms with Crippen molar-refractivity contribution >= 4 is 45.9 Å². The molecule has 5 aromatic rings. The third-order valence-corrected chi connectivity index (χ3v) is 6.91. The fraction of sp³-hybridized carbons (Fsp3) is 0.129. The van der Waals surface area contributed by atoms with E-state index in [1.54, 1.807) is 28.5 Å². The number of para-hydroxylation sites is 1. The van der Waals surface area contributed by atoms with E-state index in [4.69, 9.17) is 11.5 Å². The molecule has 3 aromatic heterocycles. The molecule has 9 nitrogen and oxygen atoms in total. The van der Waals surface area contributed by atoms with Crippen LogP contribution in [0.25, 0.3) is 16.5 Å². The summed E-state index contributed by atoms with van der Waals surface area (Å²) in [5.74, 6) is 6.05. The third-order valence-electron chi connectivity index (χ3n) is 6.15. The summed E-state index contributed by atoms with van der Waals surface area (Å²) in [6.45, 7) is 7.53. The number of pyridine rings is 1. The molecule has 0 atom stereocenters. The lowest BCUT2D eigenvalue weighted by atomic mass is 10.0. The van der Waals surface area contributed by atoms with Crippen molar-refractivity contribution < 1.29 is 4.79 Å². The average molecular weight is 564 g/mol. The van der Waals surface area contributed by atoms with Gasteiger partial charge in [0.15, 0.2) is 11.6 Å². The lowest BCUT2D eigenvalue weighted by molar-refractivity contribution is 0.100. The number of benzene rings is 2. The molecule has 0 aliphatic rings. The second kappa shape index (κ2) is 12.7. The van der Waals surface area contributed by atoms with E-state index in [0.717, 1.165) is 39.3 Å². The van der Waals surface area contributed by atoms with E-state index in [0.29, 0.717) is 11.2 Å². The maximum atomic E-state index is 13.4. The Labute approximate surface area is 241 Å². The minimum atomic E-state index is -0.646. The van der Waals surface area contributed by atoms with Gasteiger partial charge in [-0.05, 0) is 48.9 Å². The van der Waals surface area contributed by atoms with Crippen molar-refractivity contribution in [3.05, 3.63) is 111 Å². The van der Waals surface area contributed by atoms with Crippen LogP contribution in [0.5, 0.6) is 0 Å². The first-order valence-electron chi connectivity index (χ1n) is 12.7. The number of rotatable bonds is 5. The maximum absolute atomic E-state index is 13.4. The molecule has 0 aliphatic carbocycles. The number of amides is 1. The Kier molecular flexibility index (Phi) is 8.92. The summed E-state index contributed by atoms with van der Waals surface area (Å²) in [6, 6.07) is 17.7. The van der Waals surface area contributed by atoms with Crippen LogP contribution in [0.15, 0.2) is 82.5 Å². The summed E-state index contributed by atoms with van der Waals surface area (Å²) in [4.78, 5) is 33.8. The molecule has 4 N–H and O–H groups in total. The number of nitrogens with zero attached hydrogens (tertiary/aromatic N) is 5. The zero-order chi connectivity index (χ0) is 29.5. The molecule has 1 amide bonds. The van der Waals surface area contributed by atoms with Crippen LogP contribution in [0.3, 0.4) is 0 Å². The second-order valence-corrected chi connectivity index (χ2v) is 9.89. The fourth-order valence-corrected chi connectivity index (χ4v) is 4.77. The van der Waals surface area contributed by atoms with Gasteiger partial charge in [0.2, 0.25) is 0 Å². The van der Waals surface area contributed by atoms with Gasteiger partial charge in [-0.2, -0.15) is 5.10 Å². The van der Waals surface area contributed by atoms with Crippen LogP contribution in [-0.4, -0.2) is 31.5 Å². The number of carbonyl (C=O) groups excluding carboxylic acids is 1. The number of hydrogen-bond donors (Lipinski definition) is 2. The molecule has 0 spiro atoms. The molecular formula is C31H29N7O2S. The molecule has 0 saturated carbocycles. The van der Waals surface area contributed by atoms with Crippen molar-refractivity contribution in [1.82, 2.24) is 19.3 Å². The molecule has 0 saturated heterocycles. The number of carbonyl (C=O) groups is 1. The number of nitrogens with two attached hydrogens (primary N) is 2. The SMILES string of the molecule is C=C/C=N\c1c(C(N)=O)c(N)nn1C.CCc1cc2cccc(C#Cc3ncsc3C)c2c(=O)n1-c1ccccc1. The first-order valence-corrected chi connectivity index (χ1v) is 13.6. The number of nitrogen functional groups attached to an aromatic ring is 1. The van der Waals surface area contributed by atoms with Crippen LogP contribution >= 0.6 is 11.3 Å². The molecule has 2 aromatic carbocycles. The Balaban J connectivity index is 0.000000234. The van der Waals surface area contributed by atoms with Crippen LogP contribution in [0.4, 0.5) is 11.6 Å². The van der Waals surface area contributed by atoms with Gasteiger partial charge in [-0.15, -0.1) is 11.3 Å². The molecular weight excluding hydrogens is 534 g/mol. The van der Waals surface area contributed by atoms with Crippen molar-refractivity contribution in [3.8, 4) is 17.5 Å². The quantitative estimate of drug-likeness (QED) is 0.236. The van der Waals surface area contributed by atoms with Crippen molar-refractivity contribution in [1.29, 1.82) is 0 Å². The molecule has 0 radical (unpaired) electrons. The van der Waals surface area contributed by atoms with Gasteiger partial charge in [0.25, 0.3) is 11.5 Å².